The second kappa shape index (κ2) is 4.19. The van der Waals surface area contributed by atoms with Gasteiger partial charge in [0.1, 0.15) is 0 Å². The minimum atomic E-state index is 0.244. The van der Waals surface area contributed by atoms with Crippen LogP contribution in [0.25, 0.3) is 0 Å². The van der Waals surface area contributed by atoms with E-state index in [1.54, 1.807) is 13.3 Å². The molecule has 2 rings (SSSR count). The Labute approximate surface area is 90.7 Å². The van der Waals surface area contributed by atoms with Gasteiger partial charge in [0, 0.05) is 17.2 Å². The number of hydrogen-bond acceptors (Lipinski definition) is 3. The van der Waals surface area contributed by atoms with E-state index in [1.807, 2.05) is 6.07 Å². The molecule has 2 N–H and O–H groups in total. The molecule has 0 aliphatic heterocycles. The SMILES string of the molecule is COc1ncccc1C1(CCN)CCC1. The molecule has 0 bridgehead atoms. The van der Waals surface area contributed by atoms with E-state index in [-0.39, 0.29) is 5.41 Å². The van der Waals surface area contributed by atoms with Crippen LogP contribution in [-0.2, 0) is 5.41 Å². The summed E-state index contributed by atoms with van der Waals surface area (Å²) in [5.74, 6) is 0.769. The van der Waals surface area contributed by atoms with Crippen molar-refractivity contribution in [3.05, 3.63) is 23.9 Å². The zero-order valence-electron chi connectivity index (χ0n) is 9.20. The topological polar surface area (TPSA) is 48.1 Å². The molecule has 3 heteroatoms. The van der Waals surface area contributed by atoms with Gasteiger partial charge in [-0.25, -0.2) is 4.98 Å². The number of nitrogens with zero attached hydrogens (tertiary/aromatic N) is 1. The molecule has 1 aromatic heterocycles. The van der Waals surface area contributed by atoms with Gasteiger partial charge in [0.2, 0.25) is 5.88 Å². The minimum Gasteiger partial charge on any atom is -0.481 e. The molecule has 1 fully saturated rings. The first-order valence-electron chi connectivity index (χ1n) is 5.52. The van der Waals surface area contributed by atoms with Gasteiger partial charge in [-0.1, -0.05) is 12.5 Å². The molecular formula is C12H18N2O. The third-order valence-electron chi connectivity index (χ3n) is 3.47. The molecule has 0 atom stereocenters. The lowest BCUT2D eigenvalue weighted by Gasteiger charge is -2.42. The highest BCUT2D eigenvalue weighted by Crippen LogP contribution is 2.48. The van der Waals surface area contributed by atoms with E-state index in [1.165, 1.54) is 24.8 Å². The Kier molecular flexibility index (Phi) is 2.91. The van der Waals surface area contributed by atoms with E-state index < -0.39 is 0 Å². The summed E-state index contributed by atoms with van der Waals surface area (Å²) in [5.41, 5.74) is 7.18. The van der Waals surface area contributed by atoms with Gasteiger partial charge >= 0.3 is 0 Å². The van der Waals surface area contributed by atoms with Crippen molar-refractivity contribution in [3.8, 4) is 5.88 Å². The van der Waals surface area contributed by atoms with Crippen molar-refractivity contribution in [1.29, 1.82) is 0 Å². The Hall–Kier alpha value is -1.09. The highest BCUT2D eigenvalue weighted by Gasteiger charge is 2.40. The van der Waals surface area contributed by atoms with Gasteiger partial charge in [0.05, 0.1) is 7.11 Å². The number of aromatic nitrogens is 1. The monoisotopic (exact) mass is 206 g/mol. The number of hydrogen-bond donors (Lipinski definition) is 1. The molecule has 0 unspecified atom stereocenters. The van der Waals surface area contributed by atoms with E-state index >= 15 is 0 Å². The van der Waals surface area contributed by atoms with Crippen molar-refractivity contribution in [2.75, 3.05) is 13.7 Å². The summed E-state index contributed by atoms with van der Waals surface area (Å²) in [6, 6.07) is 4.11. The summed E-state index contributed by atoms with van der Waals surface area (Å²) < 4.78 is 5.32. The number of pyridine rings is 1. The summed E-state index contributed by atoms with van der Waals surface area (Å²) in [4.78, 5) is 4.26. The van der Waals surface area contributed by atoms with Crippen LogP contribution in [0.3, 0.4) is 0 Å². The molecule has 1 aliphatic carbocycles. The van der Waals surface area contributed by atoms with Crippen molar-refractivity contribution < 1.29 is 4.74 Å². The average molecular weight is 206 g/mol. The third-order valence-corrected chi connectivity index (χ3v) is 3.47. The quantitative estimate of drug-likeness (QED) is 0.818. The molecular weight excluding hydrogens is 188 g/mol. The van der Waals surface area contributed by atoms with E-state index in [2.05, 4.69) is 11.1 Å². The predicted molar refractivity (Wildman–Crippen MR) is 60.0 cm³/mol. The van der Waals surface area contributed by atoms with E-state index in [4.69, 9.17) is 10.5 Å². The van der Waals surface area contributed by atoms with Crippen LogP contribution in [0, 0.1) is 0 Å². The van der Waals surface area contributed by atoms with Gasteiger partial charge in [-0.15, -0.1) is 0 Å². The van der Waals surface area contributed by atoms with Crippen molar-refractivity contribution >= 4 is 0 Å². The number of ether oxygens (including phenoxy) is 1. The average Bonchev–Trinajstić information content (AvgIpc) is 2.23. The first kappa shape index (κ1) is 10.4. The fraction of sp³-hybridized carbons (Fsp3) is 0.583. The molecule has 0 saturated heterocycles. The lowest BCUT2D eigenvalue weighted by molar-refractivity contribution is 0.219. The summed E-state index contributed by atoms with van der Waals surface area (Å²) in [6.07, 6.45) is 6.53. The largest absolute Gasteiger partial charge is 0.481 e. The Morgan fingerprint density at radius 1 is 1.53 bits per heavy atom. The zero-order valence-corrected chi connectivity index (χ0v) is 9.20. The third kappa shape index (κ3) is 1.72. The van der Waals surface area contributed by atoms with Gasteiger partial charge in [-0.2, -0.15) is 0 Å². The standard InChI is InChI=1S/C12H18N2O/c1-15-11-10(4-2-9-14-11)12(7-8-13)5-3-6-12/h2,4,9H,3,5-8,13H2,1H3. The van der Waals surface area contributed by atoms with Crippen LogP contribution in [-0.4, -0.2) is 18.6 Å². The molecule has 0 aromatic carbocycles. The fourth-order valence-electron chi connectivity index (χ4n) is 2.49. The molecule has 1 aromatic rings. The molecule has 1 aliphatic rings. The zero-order chi connectivity index (χ0) is 10.7. The predicted octanol–water partition coefficient (Wildman–Crippen LogP) is 1.86. The molecule has 0 radical (unpaired) electrons. The minimum absolute atomic E-state index is 0.244. The smallest absolute Gasteiger partial charge is 0.216 e. The van der Waals surface area contributed by atoms with Crippen LogP contribution >= 0.6 is 0 Å². The van der Waals surface area contributed by atoms with Crippen LogP contribution in [0.2, 0.25) is 0 Å². The van der Waals surface area contributed by atoms with Crippen molar-refractivity contribution in [2.45, 2.75) is 31.1 Å². The van der Waals surface area contributed by atoms with Crippen molar-refractivity contribution in [1.82, 2.24) is 4.98 Å². The summed E-state index contributed by atoms with van der Waals surface area (Å²) in [7, 11) is 1.68. The summed E-state index contributed by atoms with van der Waals surface area (Å²) in [5, 5.41) is 0. The van der Waals surface area contributed by atoms with Crippen LogP contribution in [0.4, 0.5) is 0 Å². The second-order valence-electron chi connectivity index (χ2n) is 4.23. The maximum absolute atomic E-state index is 5.69. The van der Waals surface area contributed by atoms with Gasteiger partial charge in [0.15, 0.2) is 0 Å². The summed E-state index contributed by atoms with van der Waals surface area (Å²) in [6.45, 7) is 0.734. The maximum atomic E-state index is 5.69. The molecule has 15 heavy (non-hydrogen) atoms. The van der Waals surface area contributed by atoms with Gasteiger partial charge in [-0.05, 0) is 31.9 Å². The van der Waals surface area contributed by atoms with Crippen molar-refractivity contribution in [2.24, 2.45) is 5.73 Å². The van der Waals surface area contributed by atoms with Crippen LogP contribution in [0.1, 0.15) is 31.2 Å². The van der Waals surface area contributed by atoms with Gasteiger partial charge in [-0.3, -0.25) is 0 Å². The van der Waals surface area contributed by atoms with Crippen LogP contribution in [0.15, 0.2) is 18.3 Å². The lowest BCUT2D eigenvalue weighted by atomic mass is 9.63. The van der Waals surface area contributed by atoms with Crippen LogP contribution < -0.4 is 10.5 Å². The molecule has 1 heterocycles. The molecule has 1 saturated carbocycles. The first-order chi connectivity index (χ1) is 7.32. The number of methoxy groups -OCH3 is 1. The lowest BCUT2D eigenvalue weighted by Crippen LogP contribution is -2.36. The van der Waals surface area contributed by atoms with E-state index in [0.29, 0.717) is 0 Å². The van der Waals surface area contributed by atoms with Crippen molar-refractivity contribution in [3.63, 3.8) is 0 Å². The molecule has 3 nitrogen and oxygen atoms in total. The Morgan fingerprint density at radius 2 is 2.33 bits per heavy atom. The van der Waals surface area contributed by atoms with Gasteiger partial charge < -0.3 is 10.5 Å². The van der Waals surface area contributed by atoms with Crippen LogP contribution in [0.5, 0.6) is 5.88 Å². The Morgan fingerprint density at radius 3 is 2.87 bits per heavy atom. The Bertz CT molecular complexity index is 334. The second-order valence-corrected chi connectivity index (χ2v) is 4.23. The fourth-order valence-corrected chi connectivity index (χ4v) is 2.49. The Balaban J connectivity index is 2.33. The summed E-state index contributed by atoms with van der Waals surface area (Å²) >= 11 is 0. The maximum Gasteiger partial charge on any atom is 0.216 e. The van der Waals surface area contributed by atoms with E-state index in [0.717, 1.165) is 18.8 Å². The first-order valence-corrected chi connectivity index (χ1v) is 5.52. The highest BCUT2D eigenvalue weighted by atomic mass is 16.5. The molecule has 0 amide bonds. The normalized spacial score (nSPS) is 18.3. The number of rotatable bonds is 4. The van der Waals surface area contributed by atoms with Gasteiger partial charge in [0.25, 0.3) is 0 Å². The van der Waals surface area contributed by atoms with E-state index in [9.17, 15) is 0 Å². The highest BCUT2D eigenvalue weighted by molar-refractivity contribution is 5.36. The molecule has 82 valence electrons. The molecule has 0 spiro atoms. The number of nitrogens with two attached hydrogens (primary N) is 1.